The van der Waals surface area contributed by atoms with Crippen molar-refractivity contribution in [1.82, 2.24) is 0 Å². The van der Waals surface area contributed by atoms with E-state index < -0.39 is 0 Å². The van der Waals surface area contributed by atoms with Crippen LogP contribution in [0.3, 0.4) is 0 Å². The van der Waals surface area contributed by atoms with Crippen LogP contribution in [-0.2, 0) is 0 Å². The van der Waals surface area contributed by atoms with E-state index in [0.717, 1.165) is 72.4 Å². The minimum atomic E-state index is 0.620. The third-order valence-electron chi connectivity index (χ3n) is 33.4. The third-order valence-corrected chi connectivity index (χ3v) is 33.4. The molecular weight excluding hydrogens is 528 g/mol. The van der Waals surface area contributed by atoms with Gasteiger partial charge in [0.1, 0.15) is 0 Å². The van der Waals surface area contributed by atoms with Gasteiger partial charge < -0.3 is 0 Å². The molecule has 28 atom stereocenters. The topological polar surface area (TPSA) is 0 Å². The molecule has 0 bridgehead atoms. The fourth-order valence-corrected chi connectivity index (χ4v) is 37.3. The van der Waals surface area contributed by atoms with Crippen LogP contribution in [0.25, 0.3) is 0 Å². The first kappa shape index (κ1) is 20.5. The summed E-state index contributed by atoms with van der Waals surface area (Å²) in [6.45, 7) is 32.8. The second kappa shape index (κ2) is 3.42. The summed E-state index contributed by atoms with van der Waals surface area (Å²) < 4.78 is 0. The Labute approximate surface area is 262 Å². The van der Waals surface area contributed by atoms with Gasteiger partial charge in [-0.15, -0.1) is 0 Å². The molecule has 0 aliphatic heterocycles. The molecule has 20 aliphatic carbocycles. The Morgan fingerprint density at radius 3 is 0.932 bits per heavy atom. The first-order chi connectivity index (χ1) is 20.6. The summed E-state index contributed by atoms with van der Waals surface area (Å²) >= 11 is 0. The van der Waals surface area contributed by atoms with Gasteiger partial charge in [0.25, 0.3) is 0 Å². The highest BCUT2D eigenvalue weighted by Crippen LogP contribution is 3.46. The van der Waals surface area contributed by atoms with Crippen molar-refractivity contribution in [3.63, 3.8) is 0 Å². The van der Waals surface area contributed by atoms with Gasteiger partial charge in [-0.2, -0.15) is 0 Å². The number of fused-ring (bicyclic) bond motifs is 16. The van der Waals surface area contributed by atoms with Crippen molar-refractivity contribution in [2.24, 2.45) is 174 Å². The largest absolute Gasteiger partial charge is 0.0617 e. The lowest BCUT2D eigenvalue weighted by atomic mass is 8.58. The average Bonchev–Trinajstić information content (AvgIpc) is 2.95. The lowest BCUT2D eigenvalue weighted by molar-refractivity contribution is -0.992. The summed E-state index contributed by atoms with van der Waals surface area (Å²) in [5.41, 5.74) is 13.4. The maximum Gasteiger partial charge on any atom is -0.00566 e. The Morgan fingerprint density at radius 1 is 0.318 bits per heavy atom. The molecule has 226 valence electrons. The average molecular weight is 579 g/mol. The maximum absolute atomic E-state index is 3.10. The van der Waals surface area contributed by atoms with Crippen LogP contribution in [0.1, 0.15) is 89.0 Å². The number of rotatable bonds is 0. The SMILES string of the molecule is CC1C2CC3C4C5C6C7C8C9C%10C%11CC%12C(C)C%13(C)C%12%11C%10%11C%13(C)C%10(C)C%12(C)C%13(C)C%14(C)C%15(C)C%16(C)C1(C)C23C4%16C5%15C6%14C7%13C8%12C9%10%11. The summed E-state index contributed by atoms with van der Waals surface area (Å²) in [4.78, 5) is 0. The third kappa shape index (κ3) is 0.573. The van der Waals surface area contributed by atoms with Gasteiger partial charge >= 0.3 is 0 Å². The Bertz CT molecular complexity index is 1950. The Morgan fingerprint density at radius 2 is 0.591 bits per heavy atom. The molecule has 0 amide bonds. The van der Waals surface area contributed by atoms with Gasteiger partial charge in [-0.3, -0.25) is 0 Å². The van der Waals surface area contributed by atoms with Gasteiger partial charge in [-0.1, -0.05) is 76.2 Å². The maximum atomic E-state index is 3.10. The highest BCUT2D eigenvalue weighted by molar-refractivity contribution is 5.89. The van der Waals surface area contributed by atoms with Gasteiger partial charge in [0.15, 0.2) is 0 Å². The fraction of sp³-hybridized carbons (Fsp3) is 1.00. The van der Waals surface area contributed by atoms with E-state index in [9.17, 15) is 0 Å². The highest BCUT2D eigenvalue weighted by atomic mass is 15.5. The molecule has 0 nitrogen and oxygen atoms in total. The molecule has 0 radical (unpaired) electrons. The molecule has 9 spiro atoms. The summed E-state index contributed by atoms with van der Waals surface area (Å²) in [5.74, 6) is 15.2. The molecule has 0 N–H and O–H groups in total. The first-order valence-electron chi connectivity index (χ1n) is 20.6. The zero-order valence-corrected chi connectivity index (χ0v) is 28.9. The Kier molecular flexibility index (Phi) is 1.59. The summed E-state index contributed by atoms with van der Waals surface area (Å²) in [5, 5.41) is 0. The quantitative estimate of drug-likeness (QED) is 0.273. The molecule has 0 aromatic carbocycles. The van der Waals surface area contributed by atoms with Gasteiger partial charge in [0.05, 0.1) is 0 Å². The summed E-state index contributed by atoms with van der Waals surface area (Å²) in [7, 11) is 0. The van der Waals surface area contributed by atoms with Crippen molar-refractivity contribution in [2.75, 3.05) is 0 Å². The second-order valence-corrected chi connectivity index (χ2v) is 25.8. The van der Waals surface area contributed by atoms with Crippen LogP contribution in [0, 0.1) is 174 Å². The van der Waals surface area contributed by atoms with E-state index in [1.165, 1.54) is 53.3 Å². The van der Waals surface area contributed by atoms with Crippen molar-refractivity contribution in [3.8, 4) is 0 Å². The van der Waals surface area contributed by atoms with Crippen LogP contribution < -0.4 is 0 Å². The number of hydrogen-bond acceptors (Lipinski definition) is 0. The molecule has 20 rings (SSSR count). The Hall–Kier alpha value is 0. The monoisotopic (exact) mass is 578 g/mol. The van der Waals surface area contributed by atoms with Gasteiger partial charge in [0.2, 0.25) is 0 Å². The molecule has 28 unspecified atom stereocenters. The zero-order valence-electron chi connectivity index (χ0n) is 28.9. The minimum Gasteiger partial charge on any atom is -0.0617 e. The van der Waals surface area contributed by atoms with Crippen LogP contribution in [0.4, 0.5) is 0 Å². The van der Waals surface area contributed by atoms with Gasteiger partial charge in [0, 0.05) is 0 Å². The molecular formula is C44H50. The van der Waals surface area contributed by atoms with E-state index in [4.69, 9.17) is 0 Å². The molecule has 20 fully saturated rings. The molecule has 0 aromatic rings. The fourth-order valence-electron chi connectivity index (χ4n) is 37.3. The predicted octanol–water partition coefficient (Wildman–Crippen LogP) is 8.02. The van der Waals surface area contributed by atoms with Crippen molar-refractivity contribution in [1.29, 1.82) is 0 Å². The molecule has 20 aliphatic rings. The van der Waals surface area contributed by atoms with E-state index in [-0.39, 0.29) is 0 Å². The van der Waals surface area contributed by atoms with E-state index in [1.54, 1.807) is 12.8 Å². The lowest BCUT2D eigenvalue weighted by Crippen LogP contribution is -3.42. The van der Waals surface area contributed by atoms with E-state index in [0.29, 0.717) is 48.7 Å². The molecule has 44 heavy (non-hydrogen) atoms. The molecule has 0 heteroatoms. The van der Waals surface area contributed by atoms with Crippen molar-refractivity contribution in [3.05, 3.63) is 0 Å². The van der Waals surface area contributed by atoms with E-state index >= 15 is 0 Å². The zero-order chi connectivity index (χ0) is 28.9. The van der Waals surface area contributed by atoms with Crippen molar-refractivity contribution in [2.45, 2.75) is 89.0 Å². The second-order valence-electron chi connectivity index (χ2n) is 25.8. The molecule has 20 saturated carbocycles. The predicted molar refractivity (Wildman–Crippen MR) is 161 cm³/mol. The van der Waals surface area contributed by atoms with Crippen LogP contribution >= 0.6 is 0 Å². The van der Waals surface area contributed by atoms with E-state index in [2.05, 4.69) is 76.2 Å². The molecule has 0 saturated heterocycles. The van der Waals surface area contributed by atoms with Crippen LogP contribution in [-0.4, -0.2) is 0 Å². The molecule has 0 heterocycles. The number of hydrogen-bond donors (Lipinski definition) is 0. The Balaban J connectivity index is 0.923. The van der Waals surface area contributed by atoms with Crippen molar-refractivity contribution < 1.29 is 0 Å². The smallest absolute Gasteiger partial charge is 0.00566 e. The van der Waals surface area contributed by atoms with Gasteiger partial charge in [-0.05, 0) is 187 Å². The van der Waals surface area contributed by atoms with Crippen LogP contribution in [0.2, 0.25) is 0 Å². The summed E-state index contributed by atoms with van der Waals surface area (Å²) in [6.07, 6.45) is 3.35. The van der Waals surface area contributed by atoms with Gasteiger partial charge in [-0.25, -0.2) is 0 Å². The van der Waals surface area contributed by atoms with E-state index in [1.807, 2.05) is 0 Å². The minimum absolute atomic E-state index is 0.620. The van der Waals surface area contributed by atoms with Crippen LogP contribution in [0.5, 0.6) is 0 Å². The van der Waals surface area contributed by atoms with Crippen LogP contribution in [0.15, 0.2) is 0 Å². The standard InChI is InChI=1S/C44H50/c1-14-16-12-18-20-22-24-26-25-23-21-19-13-17-15(2)28(4)30(6)32(8)34(10)35(11)33(9)31(7)29(5)27(14,3)36(16,18)38(20,29)40(22,31)42(24,33)44(26,35)43(25,34)41(23,32)39(21,30)37(17,19)28/h14-26H,12-13H2,1-11H3. The normalized spacial score (nSPS) is 112. The lowest BCUT2D eigenvalue weighted by Gasteiger charge is -3.44. The van der Waals surface area contributed by atoms with Crippen molar-refractivity contribution >= 4 is 0 Å². The highest BCUT2D eigenvalue weighted by Gasteiger charge is 3.44. The summed E-state index contributed by atoms with van der Waals surface area (Å²) in [6, 6.07) is 0. The first-order valence-corrected chi connectivity index (χ1v) is 20.6. The molecule has 0 aromatic heterocycles.